The molecule has 0 bridgehead atoms. The Morgan fingerprint density at radius 2 is 1.86 bits per heavy atom. The fourth-order valence-corrected chi connectivity index (χ4v) is 3.61. The number of nitrogens with zero attached hydrogens (tertiary/aromatic N) is 4. The molecule has 2 aromatic carbocycles. The number of ether oxygens (including phenoxy) is 1. The second-order valence-corrected chi connectivity index (χ2v) is 8.03. The Balaban J connectivity index is 1.50. The number of nitro benzene ring substituents is 1. The average Bonchev–Trinajstić information content (AvgIpc) is 3.21. The van der Waals surface area contributed by atoms with E-state index in [4.69, 9.17) is 4.74 Å². The van der Waals surface area contributed by atoms with Gasteiger partial charge in [-0.1, -0.05) is 17.8 Å². The number of non-ortho nitro benzene ring substituents is 1. The van der Waals surface area contributed by atoms with Gasteiger partial charge in [-0.3, -0.25) is 19.7 Å². The zero-order valence-corrected chi connectivity index (χ0v) is 19.7. The lowest BCUT2D eigenvalue weighted by molar-refractivity contribution is -0.384. The van der Waals surface area contributed by atoms with Gasteiger partial charge in [-0.05, 0) is 37.3 Å². The molecular formula is C22H22N6O6S. The molecule has 0 saturated heterocycles. The number of amides is 2. The van der Waals surface area contributed by atoms with Crippen molar-refractivity contribution >= 4 is 40.9 Å². The molecular weight excluding hydrogens is 476 g/mol. The first-order chi connectivity index (χ1) is 16.8. The van der Waals surface area contributed by atoms with E-state index in [0.29, 0.717) is 22.2 Å². The van der Waals surface area contributed by atoms with Gasteiger partial charge in [0.2, 0.25) is 5.91 Å². The van der Waals surface area contributed by atoms with E-state index < -0.39 is 16.8 Å². The maximum absolute atomic E-state index is 12.3. The maximum Gasteiger partial charge on any atom is 0.338 e. The number of anilines is 1. The van der Waals surface area contributed by atoms with E-state index in [9.17, 15) is 24.5 Å². The van der Waals surface area contributed by atoms with E-state index in [1.807, 2.05) is 0 Å². The van der Waals surface area contributed by atoms with Crippen LogP contribution in [0.25, 0.3) is 0 Å². The Labute approximate surface area is 204 Å². The van der Waals surface area contributed by atoms with E-state index in [0.717, 1.165) is 11.8 Å². The summed E-state index contributed by atoms with van der Waals surface area (Å²) in [6.07, 6.45) is 0. The Bertz CT molecular complexity index is 1240. The smallest absolute Gasteiger partial charge is 0.338 e. The van der Waals surface area contributed by atoms with Gasteiger partial charge >= 0.3 is 5.97 Å². The number of hydrogen-bond donors (Lipinski definition) is 2. The highest BCUT2D eigenvalue weighted by Gasteiger charge is 2.15. The summed E-state index contributed by atoms with van der Waals surface area (Å²) in [6, 6.07) is 11.8. The summed E-state index contributed by atoms with van der Waals surface area (Å²) in [4.78, 5) is 46.6. The third-order valence-corrected chi connectivity index (χ3v) is 5.68. The molecule has 2 amide bonds. The van der Waals surface area contributed by atoms with Crippen molar-refractivity contribution in [2.75, 3.05) is 17.7 Å². The molecule has 3 rings (SSSR count). The van der Waals surface area contributed by atoms with Crippen LogP contribution in [0.4, 0.5) is 11.4 Å². The van der Waals surface area contributed by atoms with Gasteiger partial charge in [0.15, 0.2) is 11.0 Å². The van der Waals surface area contributed by atoms with Crippen molar-refractivity contribution in [1.82, 2.24) is 20.1 Å². The van der Waals surface area contributed by atoms with Crippen molar-refractivity contribution in [3.05, 3.63) is 75.6 Å². The van der Waals surface area contributed by atoms with Crippen LogP contribution in [0.1, 0.15) is 33.5 Å². The lowest BCUT2D eigenvalue weighted by Crippen LogP contribution is -2.24. The average molecular weight is 499 g/mol. The minimum Gasteiger partial charge on any atom is -0.462 e. The van der Waals surface area contributed by atoms with Crippen LogP contribution in [-0.4, -0.2) is 49.8 Å². The molecule has 0 spiro atoms. The van der Waals surface area contributed by atoms with E-state index in [-0.39, 0.29) is 36.1 Å². The molecule has 12 nitrogen and oxygen atoms in total. The van der Waals surface area contributed by atoms with Crippen LogP contribution >= 0.6 is 11.8 Å². The van der Waals surface area contributed by atoms with E-state index in [1.165, 1.54) is 24.3 Å². The van der Waals surface area contributed by atoms with Crippen molar-refractivity contribution < 1.29 is 24.0 Å². The maximum atomic E-state index is 12.3. The summed E-state index contributed by atoms with van der Waals surface area (Å²) in [5.41, 5.74) is 0.903. The number of carbonyl (C=O) groups is 3. The number of esters is 1. The largest absolute Gasteiger partial charge is 0.462 e. The minimum absolute atomic E-state index is 0.0462. The summed E-state index contributed by atoms with van der Waals surface area (Å²) in [7, 11) is 1.70. The van der Waals surface area contributed by atoms with Gasteiger partial charge in [0.25, 0.3) is 11.6 Å². The van der Waals surface area contributed by atoms with Crippen LogP contribution in [0.2, 0.25) is 0 Å². The molecule has 35 heavy (non-hydrogen) atoms. The van der Waals surface area contributed by atoms with E-state index in [1.54, 1.807) is 42.8 Å². The summed E-state index contributed by atoms with van der Waals surface area (Å²) < 4.78 is 6.56. The van der Waals surface area contributed by atoms with Crippen molar-refractivity contribution in [3.63, 3.8) is 0 Å². The number of benzene rings is 2. The van der Waals surface area contributed by atoms with Gasteiger partial charge in [-0.25, -0.2) is 4.79 Å². The highest BCUT2D eigenvalue weighted by Crippen LogP contribution is 2.17. The van der Waals surface area contributed by atoms with Gasteiger partial charge in [-0.15, -0.1) is 10.2 Å². The first-order valence-electron chi connectivity index (χ1n) is 10.4. The quantitative estimate of drug-likeness (QED) is 0.185. The zero-order valence-electron chi connectivity index (χ0n) is 18.9. The molecule has 0 unspecified atom stereocenters. The SMILES string of the molecule is CCOC(=O)c1ccc(NC(=O)CSc2nnc(CNC(=O)c3cccc([N+](=O)[O-])c3)n2C)cc1. The number of rotatable bonds is 10. The topological polar surface area (TPSA) is 158 Å². The third-order valence-electron chi connectivity index (χ3n) is 4.66. The molecule has 3 aromatic rings. The summed E-state index contributed by atoms with van der Waals surface area (Å²) >= 11 is 1.16. The molecule has 0 aliphatic carbocycles. The van der Waals surface area contributed by atoms with Gasteiger partial charge in [0, 0.05) is 30.4 Å². The Morgan fingerprint density at radius 1 is 1.11 bits per heavy atom. The molecule has 0 fully saturated rings. The van der Waals surface area contributed by atoms with Gasteiger partial charge in [0.1, 0.15) is 0 Å². The third kappa shape index (κ3) is 6.86. The molecule has 1 heterocycles. The normalized spacial score (nSPS) is 10.5. The first-order valence-corrected chi connectivity index (χ1v) is 11.4. The fourth-order valence-electron chi connectivity index (χ4n) is 2.88. The van der Waals surface area contributed by atoms with Crippen molar-refractivity contribution in [2.24, 2.45) is 7.05 Å². The van der Waals surface area contributed by atoms with Crippen molar-refractivity contribution in [3.8, 4) is 0 Å². The first kappa shape index (κ1) is 25.4. The standard InChI is InChI=1S/C22H22N6O6S/c1-3-34-21(31)14-7-9-16(10-8-14)24-19(29)13-35-22-26-25-18(27(22)2)12-23-20(30)15-5-4-6-17(11-15)28(32)33/h4-11H,3,12-13H2,1-2H3,(H,23,30)(H,24,29). The lowest BCUT2D eigenvalue weighted by Gasteiger charge is -2.07. The zero-order chi connectivity index (χ0) is 25.4. The van der Waals surface area contributed by atoms with Gasteiger partial charge < -0.3 is 19.9 Å². The number of nitrogens with one attached hydrogen (secondary N) is 2. The predicted octanol–water partition coefficient (Wildman–Crippen LogP) is 2.56. The summed E-state index contributed by atoms with van der Waals surface area (Å²) in [5.74, 6) is -0.686. The molecule has 2 N–H and O–H groups in total. The summed E-state index contributed by atoms with van der Waals surface area (Å²) in [5, 5.41) is 24.8. The van der Waals surface area contributed by atoms with Crippen LogP contribution in [0, 0.1) is 10.1 Å². The van der Waals surface area contributed by atoms with Crippen LogP contribution in [0.5, 0.6) is 0 Å². The second kappa shape index (κ2) is 11.7. The monoisotopic (exact) mass is 498 g/mol. The lowest BCUT2D eigenvalue weighted by atomic mass is 10.2. The Hall–Kier alpha value is -4.26. The minimum atomic E-state index is -0.572. The highest BCUT2D eigenvalue weighted by atomic mass is 32.2. The molecule has 0 radical (unpaired) electrons. The van der Waals surface area contributed by atoms with E-state index >= 15 is 0 Å². The highest BCUT2D eigenvalue weighted by molar-refractivity contribution is 7.99. The number of carbonyl (C=O) groups excluding carboxylic acids is 3. The Kier molecular flexibility index (Phi) is 8.51. The molecule has 0 saturated carbocycles. The molecule has 0 aliphatic rings. The Morgan fingerprint density at radius 3 is 2.54 bits per heavy atom. The number of thioether (sulfide) groups is 1. The molecule has 1 aromatic heterocycles. The molecule has 0 aliphatic heterocycles. The fraction of sp³-hybridized carbons (Fsp3) is 0.227. The molecule has 0 atom stereocenters. The van der Waals surface area contributed by atoms with Crippen molar-refractivity contribution in [2.45, 2.75) is 18.6 Å². The van der Waals surface area contributed by atoms with Crippen LogP contribution < -0.4 is 10.6 Å². The number of aromatic nitrogens is 3. The van der Waals surface area contributed by atoms with Crippen LogP contribution in [-0.2, 0) is 23.1 Å². The number of nitro groups is 1. The molecule has 13 heteroatoms. The summed E-state index contributed by atoms with van der Waals surface area (Å²) in [6.45, 7) is 2.05. The second-order valence-electron chi connectivity index (χ2n) is 7.08. The van der Waals surface area contributed by atoms with Gasteiger partial charge in [-0.2, -0.15) is 0 Å². The van der Waals surface area contributed by atoms with Crippen LogP contribution in [0.15, 0.2) is 53.7 Å². The van der Waals surface area contributed by atoms with Crippen LogP contribution in [0.3, 0.4) is 0 Å². The molecule has 182 valence electrons. The van der Waals surface area contributed by atoms with Crippen molar-refractivity contribution in [1.29, 1.82) is 0 Å². The van der Waals surface area contributed by atoms with E-state index in [2.05, 4.69) is 20.8 Å². The number of hydrogen-bond acceptors (Lipinski definition) is 9. The van der Waals surface area contributed by atoms with Gasteiger partial charge in [0.05, 0.1) is 29.4 Å². The predicted molar refractivity (Wildman–Crippen MR) is 127 cm³/mol.